The van der Waals surface area contributed by atoms with Gasteiger partial charge in [-0.05, 0) is 22.0 Å². The van der Waals surface area contributed by atoms with Crippen LogP contribution in [0.15, 0.2) is 22.1 Å². The van der Waals surface area contributed by atoms with Crippen molar-refractivity contribution in [1.29, 1.82) is 0 Å². The maximum absolute atomic E-state index is 13.3. The third kappa shape index (κ3) is 1.24. The topological polar surface area (TPSA) is 29.1 Å². The maximum Gasteiger partial charge on any atom is 0.230 e. The van der Waals surface area contributed by atoms with Crippen LogP contribution >= 0.6 is 15.9 Å². The number of rotatable bonds is 0. The summed E-state index contributed by atoms with van der Waals surface area (Å²) in [5, 5.41) is 2.79. The second-order valence-electron chi connectivity index (χ2n) is 4.29. The van der Waals surface area contributed by atoms with Crippen LogP contribution in [0.25, 0.3) is 0 Å². The molecule has 0 spiro atoms. The Kier molecular flexibility index (Phi) is 2.07. The maximum atomic E-state index is 13.3. The molecule has 1 aliphatic carbocycles. The fourth-order valence-electron chi connectivity index (χ4n) is 1.92. The zero-order valence-corrected chi connectivity index (χ0v) is 9.61. The van der Waals surface area contributed by atoms with Gasteiger partial charge in [-0.2, -0.15) is 0 Å². The highest BCUT2D eigenvalue weighted by molar-refractivity contribution is 9.11. The third-order valence-electron chi connectivity index (χ3n) is 3.01. The average molecular weight is 260 g/mol. The van der Waals surface area contributed by atoms with E-state index in [4.69, 9.17) is 0 Å². The van der Waals surface area contributed by atoms with E-state index < -0.39 is 5.41 Å². The molecule has 1 fully saturated rings. The third-order valence-corrected chi connectivity index (χ3v) is 3.67. The minimum Gasteiger partial charge on any atom is -0.329 e. The summed E-state index contributed by atoms with van der Waals surface area (Å²) in [6, 6.07) is 0. The fraction of sp³-hybridized carbons (Fsp3) is 0.500. The van der Waals surface area contributed by atoms with Gasteiger partial charge in [-0.1, -0.05) is 13.8 Å². The predicted molar refractivity (Wildman–Crippen MR) is 55.2 cm³/mol. The van der Waals surface area contributed by atoms with Gasteiger partial charge in [0, 0.05) is 18.0 Å². The fourth-order valence-corrected chi connectivity index (χ4v) is 2.33. The first-order chi connectivity index (χ1) is 6.43. The summed E-state index contributed by atoms with van der Waals surface area (Å²) in [6.45, 7) is 3.70. The molecule has 1 amide bonds. The van der Waals surface area contributed by atoms with Crippen molar-refractivity contribution in [2.24, 2.45) is 11.3 Å². The van der Waals surface area contributed by atoms with Crippen LogP contribution in [0, 0.1) is 11.3 Å². The van der Waals surface area contributed by atoms with Crippen LogP contribution in [0.4, 0.5) is 4.39 Å². The number of amides is 1. The Morgan fingerprint density at radius 1 is 1.64 bits per heavy atom. The lowest BCUT2D eigenvalue weighted by molar-refractivity contribution is -0.127. The molecule has 2 aliphatic rings. The number of halogens is 2. The minimum atomic E-state index is -0.503. The van der Waals surface area contributed by atoms with Gasteiger partial charge in [0.15, 0.2) is 0 Å². The summed E-state index contributed by atoms with van der Waals surface area (Å²) in [4.78, 5) is 11.6. The molecule has 0 aromatic rings. The van der Waals surface area contributed by atoms with Gasteiger partial charge in [-0.15, -0.1) is 0 Å². The van der Waals surface area contributed by atoms with Crippen LogP contribution in [-0.4, -0.2) is 5.91 Å². The molecule has 0 aromatic carbocycles. The molecule has 2 rings (SSSR count). The number of hydrogen-bond acceptors (Lipinski definition) is 1. The van der Waals surface area contributed by atoms with Crippen LogP contribution in [0.2, 0.25) is 0 Å². The average Bonchev–Trinajstić information content (AvgIpc) is 2.28. The van der Waals surface area contributed by atoms with Gasteiger partial charge in [0.1, 0.15) is 5.83 Å². The van der Waals surface area contributed by atoms with Gasteiger partial charge in [0.05, 0.1) is 9.90 Å². The van der Waals surface area contributed by atoms with Crippen molar-refractivity contribution in [1.82, 2.24) is 5.32 Å². The first-order valence-electron chi connectivity index (χ1n) is 4.50. The number of fused-ring (bicyclic) bond motifs is 1. The summed E-state index contributed by atoms with van der Waals surface area (Å²) in [6.07, 6.45) is 1.97. The number of nitrogens with one attached hydrogen (secondary N) is 1. The van der Waals surface area contributed by atoms with E-state index in [2.05, 4.69) is 21.2 Å². The zero-order chi connectivity index (χ0) is 10.5. The molecule has 2 nitrogen and oxygen atoms in total. The summed E-state index contributed by atoms with van der Waals surface area (Å²) in [7, 11) is 0. The van der Waals surface area contributed by atoms with Gasteiger partial charge < -0.3 is 5.32 Å². The summed E-state index contributed by atoms with van der Waals surface area (Å²) in [5.41, 5.74) is 0.324. The zero-order valence-electron chi connectivity index (χ0n) is 8.03. The van der Waals surface area contributed by atoms with Gasteiger partial charge in [0.2, 0.25) is 5.91 Å². The lowest BCUT2D eigenvalue weighted by Crippen LogP contribution is -2.28. The Labute approximate surface area is 90.4 Å². The molecule has 0 radical (unpaired) electrons. The Morgan fingerprint density at radius 2 is 2.29 bits per heavy atom. The number of allylic oxidation sites excluding steroid dienone is 4. The number of carbonyl (C=O) groups is 1. The molecule has 0 aromatic heterocycles. The molecule has 0 bridgehead atoms. The molecule has 1 heterocycles. The van der Waals surface area contributed by atoms with E-state index in [1.807, 2.05) is 13.8 Å². The Balaban J connectivity index is 2.41. The van der Waals surface area contributed by atoms with Crippen LogP contribution < -0.4 is 5.32 Å². The molecule has 1 aliphatic heterocycles. The Bertz CT molecular complexity index is 370. The molecular formula is C10H11BrFNO. The van der Waals surface area contributed by atoms with Gasteiger partial charge in [-0.3, -0.25) is 4.79 Å². The van der Waals surface area contributed by atoms with Crippen LogP contribution in [0.3, 0.4) is 0 Å². The Morgan fingerprint density at radius 3 is 2.93 bits per heavy atom. The monoisotopic (exact) mass is 259 g/mol. The van der Waals surface area contributed by atoms with Gasteiger partial charge >= 0.3 is 0 Å². The molecule has 4 heteroatoms. The molecule has 1 saturated heterocycles. The largest absolute Gasteiger partial charge is 0.329 e. The lowest BCUT2D eigenvalue weighted by Gasteiger charge is -2.25. The SMILES string of the molecule is CC1(C)C(=O)NC2=CC(Br)=C(F)CC21. The van der Waals surface area contributed by atoms with Gasteiger partial charge in [0.25, 0.3) is 0 Å². The Hall–Kier alpha value is -0.640. The van der Waals surface area contributed by atoms with E-state index in [1.165, 1.54) is 0 Å². The smallest absolute Gasteiger partial charge is 0.230 e. The van der Waals surface area contributed by atoms with E-state index >= 15 is 0 Å². The highest BCUT2D eigenvalue weighted by Gasteiger charge is 2.47. The number of hydrogen-bond donors (Lipinski definition) is 1. The normalized spacial score (nSPS) is 29.9. The highest BCUT2D eigenvalue weighted by atomic mass is 79.9. The predicted octanol–water partition coefficient (Wildman–Crippen LogP) is 2.62. The molecule has 14 heavy (non-hydrogen) atoms. The summed E-state index contributed by atoms with van der Waals surface area (Å²) >= 11 is 3.12. The minimum absolute atomic E-state index is 0.0243. The molecule has 76 valence electrons. The van der Waals surface area contributed by atoms with Crippen molar-refractivity contribution in [3.05, 3.63) is 22.1 Å². The quantitative estimate of drug-likeness (QED) is 0.712. The van der Waals surface area contributed by atoms with Crippen LogP contribution in [-0.2, 0) is 4.79 Å². The second-order valence-corrected chi connectivity index (χ2v) is 5.14. The summed E-state index contributed by atoms with van der Waals surface area (Å²) < 4.78 is 13.8. The summed E-state index contributed by atoms with van der Waals surface area (Å²) in [5.74, 6) is -0.247. The van der Waals surface area contributed by atoms with E-state index in [1.54, 1.807) is 6.08 Å². The second kappa shape index (κ2) is 2.92. The molecule has 1 unspecified atom stereocenters. The standard InChI is InChI=1S/C10H11BrFNO/c1-10(2)5-3-7(12)6(11)4-8(5)13-9(10)14/h4-5H,3H2,1-2H3,(H,13,14). The molecule has 1 atom stereocenters. The van der Waals surface area contributed by atoms with E-state index in [-0.39, 0.29) is 17.7 Å². The molecular weight excluding hydrogens is 249 g/mol. The van der Waals surface area contributed by atoms with E-state index in [9.17, 15) is 9.18 Å². The first kappa shape index (κ1) is 9.90. The molecule has 1 N–H and O–H groups in total. The van der Waals surface area contributed by atoms with E-state index in [0.717, 1.165) is 5.70 Å². The van der Waals surface area contributed by atoms with Crippen molar-refractivity contribution in [2.75, 3.05) is 0 Å². The van der Waals surface area contributed by atoms with Crippen molar-refractivity contribution in [3.8, 4) is 0 Å². The molecule has 0 saturated carbocycles. The van der Waals surface area contributed by atoms with Gasteiger partial charge in [-0.25, -0.2) is 4.39 Å². The van der Waals surface area contributed by atoms with Crippen LogP contribution in [0.5, 0.6) is 0 Å². The van der Waals surface area contributed by atoms with Crippen molar-refractivity contribution in [3.63, 3.8) is 0 Å². The highest BCUT2D eigenvalue weighted by Crippen LogP contribution is 2.45. The van der Waals surface area contributed by atoms with E-state index in [0.29, 0.717) is 10.9 Å². The number of carbonyl (C=O) groups excluding carboxylic acids is 1. The van der Waals surface area contributed by atoms with Crippen molar-refractivity contribution in [2.45, 2.75) is 20.3 Å². The van der Waals surface area contributed by atoms with Crippen molar-refractivity contribution < 1.29 is 9.18 Å². The van der Waals surface area contributed by atoms with Crippen molar-refractivity contribution >= 4 is 21.8 Å². The lowest BCUT2D eigenvalue weighted by atomic mass is 9.76. The van der Waals surface area contributed by atoms with Crippen LogP contribution in [0.1, 0.15) is 20.3 Å². The first-order valence-corrected chi connectivity index (χ1v) is 5.29.